The Morgan fingerprint density at radius 3 is 2.26 bits per heavy atom. The molecule has 0 unspecified atom stereocenters. The Labute approximate surface area is 134 Å². The van der Waals surface area contributed by atoms with Crippen LogP contribution in [0.5, 0.6) is 0 Å². The summed E-state index contributed by atoms with van der Waals surface area (Å²) in [6, 6.07) is 6.27. The molecule has 23 heavy (non-hydrogen) atoms. The SMILES string of the molecule is Cc1ccc(CS(=O)(=O)N[C@@H](C)c2nnc(S(C)(=O)=O)o2)cc1. The topological polar surface area (TPSA) is 119 Å². The number of sulfone groups is 1. The zero-order chi connectivity index (χ0) is 17.3. The summed E-state index contributed by atoms with van der Waals surface area (Å²) < 4.78 is 54.2. The van der Waals surface area contributed by atoms with E-state index in [1.165, 1.54) is 6.92 Å². The number of hydrogen-bond donors (Lipinski definition) is 1. The third-order valence-electron chi connectivity index (χ3n) is 2.94. The van der Waals surface area contributed by atoms with E-state index in [0.29, 0.717) is 5.56 Å². The van der Waals surface area contributed by atoms with Crippen molar-refractivity contribution in [1.29, 1.82) is 0 Å². The van der Waals surface area contributed by atoms with Crippen molar-refractivity contribution in [2.45, 2.75) is 30.9 Å². The summed E-state index contributed by atoms with van der Waals surface area (Å²) in [7, 11) is -7.28. The Morgan fingerprint density at radius 1 is 1.13 bits per heavy atom. The summed E-state index contributed by atoms with van der Waals surface area (Å²) in [5.74, 6) is -0.317. The molecule has 1 heterocycles. The van der Waals surface area contributed by atoms with Gasteiger partial charge in [-0.1, -0.05) is 34.9 Å². The normalized spacial score (nSPS) is 13.9. The Bertz CT molecular complexity index is 886. The average molecular weight is 359 g/mol. The predicted molar refractivity (Wildman–Crippen MR) is 82.8 cm³/mol. The van der Waals surface area contributed by atoms with Crippen molar-refractivity contribution in [1.82, 2.24) is 14.9 Å². The van der Waals surface area contributed by atoms with Gasteiger partial charge in [-0.25, -0.2) is 21.6 Å². The second-order valence-corrected chi connectivity index (χ2v) is 8.91. The van der Waals surface area contributed by atoms with Gasteiger partial charge in [0.05, 0.1) is 11.8 Å². The lowest BCUT2D eigenvalue weighted by Gasteiger charge is -2.10. The fourth-order valence-electron chi connectivity index (χ4n) is 1.81. The molecule has 2 aromatic rings. The van der Waals surface area contributed by atoms with E-state index in [9.17, 15) is 16.8 Å². The van der Waals surface area contributed by atoms with E-state index in [-0.39, 0.29) is 11.6 Å². The van der Waals surface area contributed by atoms with Gasteiger partial charge in [0.2, 0.25) is 25.8 Å². The summed E-state index contributed by atoms with van der Waals surface area (Å²) in [5, 5.41) is 6.41. The first-order chi connectivity index (χ1) is 10.6. The zero-order valence-electron chi connectivity index (χ0n) is 12.8. The fourth-order valence-corrected chi connectivity index (χ4v) is 3.59. The van der Waals surface area contributed by atoms with Crippen LogP contribution in [0.4, 0.5) is 0 Å². The van der Waals surface area contributed by atoms with E-state index < -0.39 is 31.1 Å². The van der Waals surface area contributed by atoms with Crippen molar-refractivity contribution in [3.8, 4) is 0 Å². The zero-order valence-corrected chi connectivity index (χ0v) is 14.5. The van der Waals surface area contributed by atoms with Gasteiger partial charge in [-0.05, 0) is 19.4 Å². The van der Waals surface area contributed by atoms with Crippen LogP contribution < -0.4 is 4.72 Å². The molecule has 0 bridgehead atoms. The maximum absolute atomic E-state index is 12.2. The third-order valence-corrected chi connectivity index (χ3v) is 5.17. The molecule has 8 nitrogen and oxygen atoms in total. The molecule has 0 aliphatic carbocycles. The van der Waals surface area contributed by atoms with Crippen LogP contribution in [0.25, 0.3) is 0 Å². The van der Waals surface area contributed by atoms with Crippen LogP contribution in [0.3, 0.4) is 0 Å². The second-order valence-electron chi connectivity index (χ2n) is 5.26. The van der Waals surface area contributed by atoms with Crippen molar-refractivity contribution in [2.75, 3.05) is 6.26 Å². The van der Waals surface area contributed by atoms with Gasteiger partial charge in [-0.2, -0.15) is 0 Å². The minimum absolute atomic E-state index is 0.113. The smallest absolute Gasteiger partial charge is 0.335 e. The lowest BCUT2D eigenvalue weighted by Crippen LogP contribution is -2.28. The summed E-state index contributed by atoms with van der Waals surface area (Å²) in [4.78, 5) is 0. The largest absolute Gasteiger partial charge is 0.411 e. The molecule has 0 aliphatic rings. The van der Waals surface area contributed by atoms with Crippen LogP contribution in [0, 0.1) is 6.92 Å². The first-order valence-corrected chi connectivity index (χ1v) is 10.2. The molecule has 0 saturated carbocycles. The van der Waals surface area contributed by atoms with Crippen molar-refractivity contribution >= 4 is 19.9 Å². The van der Waals surface area contributed by atoms with Gasteiger partial charge in [-0.15, -0.1) is 5.10 Å². The van der Waals surface area contributed by atoms with Gasteiger partial charge in [0, 0.05) is 6.26 Å². The highest BCUT2D eigenvalue weighted by molar-refractivity contribution is 7.90. The van der Waals surface area contributed by atoms with Crippen LogP contribution in [-0.4, -0.2) is 33.3 Å². The van der Waals surface area contributed by atoms with E-state index in [0.717, 1.165) is 11.8 Å². The number of benzene rings is 1. The molecule has 0 spiro atoms. The summed E-state index contributed by atoms with van der Waals surface area (Å²) in [6.07, 6.45) is 0.927. The second kappa shape index (κ2) is 6.38. The van der Waals surface area contributed by atoms with Gasteiger partial charge in [0.1, 0.15) is 0 Å². The van der Waals surface area contributed by atoms with E-state index in [4.69, 9.17) is 4.42 Å². The van der Waals surface area contributed by atoms with Crippen LogP contribution >= 0.6 is 0 Å². The fraction of sp³-hybridized carbons (Fsp3) is 0.385. The van der Waals surface area contributed by atoms with E-state index in [2.05, 4.69) is 14.9 Å². The molecule has 0 radical (unpaired) electrons. The summed E-state index contributed by atoms with van der Waals surface area (Å²) in [6.45, 7) is 3.40. The Kier molecular flexibility index (Phi) is 4.87. The molecular weight excluding hydrogens is 342 g/mol. The lowest BCUT2D eigenvalue weighted by atomic mass is 10.2. The number of aryl methyl sites for hydroxylation is 1. The Hall–Kier alpha value is -1.78. The van der Waals surface area contributed by atoms with Gasteiger partial charge < -0.3 is 4.42 Å². The minimum atomic E-state index is -3.65. The van der Waals surface area contributed by atoms with Crippen molar-refractivity contribution in [3.05, 3.63) is 41.3 Å². The molecule has 126 valence electrons. The number of rotatable bonds is 6. The maximum Gasteiger partial charge on any atom is 0.335 e. The van der Waals surface area contributed by atoms with E-state index >= 15 is 0 Å². The van der Waals surface area contributed by atoms with Crippen molar-refractivity contribution in [3.63, 3.8) is 0 Å². The van der Waals surface area contributed by atoms with Gasteiger partial charge in [0.25, 0.3) is 0 Å². The predicted octanol–water partition coefficient (Wildman–Crippen LogP) is 0.962. The monoisotopic (exact) mass is 359 g/mol. The molecule has 1 aromatic heterocycles. The van der Waals surface area contributed by atoms with Crippen molar-refractivity contribution < 1.29 is 21.3 Å². The molecular formula is C13H17N3O5S2. The summed E-state index contributed by atoms with van der Waals surface area (Å²) >= 11 is 0. The number of sulfonamides is 1. The molecule has 0 aliphatic heterocycles. The van der Waals surface area contributed by atoms with Crippen LogP contribution in [0.15, 0.2) is 33.9 Å². The highest BCUT2D eigenvalue weighted by Crippen LogP contribution is 2.16. The maximum atomic E-state index is 12.2. The quantitative estimate of drug-likeness (QED) is 0.816. The molecule has 0 saturated heterocycles. The Morgan fingerprint density at radius 2 is 1.74 bits per heavy atom. The van der Waals surface area contributed by atoms with Crippen LogP contribution in [-0.2, 0) is 25.6 Å². The average Bonchev–Trinajstić information content (AvgIpc) is 2.90. The molecule has 1 aromatic carbocycles. The van der Waals surface area contributed by atoms with Crippen LogP contribution in [0.2, 0.25) is 0 Å². The number of nitrogens with one attached hydrogen (secondary N) is 1. The van der Waals surface area contributed by atoms with Gasteiger partial charge >= 0.3 is 5.22 Å². The standard InChI is InChI=1S/C13H17N3O5S2/c1-9-4-6-11(7-5-9)8-23(19,20)16-10(2)12-14-15-13(21-12)22(3,17)18/h4-7,10,16H,8H2,1-3H3/t10-/m0/s1. The minimum Gasteiger partial charge on any atom is -0.411 e. The molecule has 0 amide bonds. The number of nitrogens with zero attached hydrogens (tertiary/aromatic N) is 2. The Balaban J connectivity index is 2.10. The number of aromatic nitrogens is 2. The molecule has 1 N–H and O–H groups in total. The van der Waals surface area contributed by atoms with Crippen molar-refractivity contribution in [2.24, 2.45) is 0 Å². The highest BCUT2D eigenvalue weighted by Gasteiger charge is 2.23. The first-order valence-electron chi connectivity index (χ1n) is 6.66. The molecule has 1 atom stereocenters. The highest BCUT2D eigenvalue weighted by atomic mass is 32.2. The lowest BCUT2D eigenvalue weighted by molar-refractivity contribution is 0.373. The van der Waals surface area contributed by atoms with E-state index in [1.807, 2.05) is 19.1 Å². The van der Waals surface area contributed by atoms with Gasteiger partial charge in [-0.3, -0.25) is 0 Å². The van der Waals surface area contributed by atoms with Gasteiger partial charge in [0.15, 0.2) is 0 Å². The summed E-state index contributed by atoms with van der Waals surface area (Å²) in [5.41, 5.74) is 1.67. The van der Waals surface area contributed by atoms with Crippen LogP contribution in [0.1, 0.15) is 30.0 Å². The third kappa shape index (κ3) is 4.85. The molecule has 2 rings (SSSR count). The molecule has 0 fully saturated rings. The molecule has 10 heteroatoms. The van der Waals surface area contributed by atoms with E-state index in [1.54, 1.807) is 12.1 Å². The first kappa shape index (κ1) is 17.6. The number of hydrogen-bond acceptors (Lipinski definition) is 7.